The van der Waals surface area contributed by atoms with Crippen LogP contribution in [-0.2, 0) is 16.1 Å². The highest BCUT2D eigenvalue weighted by Crippen LogP contribution is 2.26. The van der Waals surface area contributed by atoms with Crippen molar-refractivity contribution in [3.05, 3.63) is 64.7 Å². The molecule has 1 heterocycles. The monoisotopic (exact) mass is 410 g/mol. The molecular weight excluding hydrogens is 390 g/mol. The molecule has 1 saturated heterocycles. The average molecular weight is 411 g/mol. The summed E-state index contributed by atoms with van der Waals surface area (Å²) < 4.78 is 38.8. The van der Waals surface area contributed by atoms with Crippen LogP contribution in [0.4, 0.5) is 8.78 Å². The normalized spacial score (nSPS) is 20.1. The van der Waals surface area contributed by atoms with E-state index >= 15 is 0 Å². The zero-order valence-electron chi connectivity index (χ0n) is 15.2. The highest BCUT2D eigenvalue weighted by Gasteiger charge is 2.39. The Kier molecular flexibility index (Phi) is 6.49. The Balaban J connectivity index is 1.73. The molecule has 0 saturated carbocycles. The minimum Gasteiger partial charge on any atom is -0.490 e. The minimum absolute atomic E-state index is 0.0457. The molecule has 150 valence electrons. The summed E-state index contributed by atoms with van der Waals surface area (Å²) in [6.07, 6.45) is -0.0457. The van der Waals surface area contributed by atoms with E-state index in [-0.39, 0.29) is 19.6 Å². The molecule has 0 unspecified atom stereocenters. The van der Waals surface area contributed by atoms with E-state index in [1.807, 2.05) is 4.90 Å². The van der Waals surface area contributed by atoms with Gasteiger partial charge in [0.2, 0.25) is 5.91 Å². The van der Waals surface area contributed by atoms with Crippen molar-refractivity contribution in [3.63, 3.8) is 0 Å². The predicted octanol–water partition coefficient (Wildman–Crippen LogP) is 3.14. The number of nitrogens with zero attached hydrogens (tertiary/aromatic N) is 1. The first-order valence-electron chi connectivity index (χ1n) is 8.82. The van der Waals surface area contributed by atoms with E-state index < -0.39 is 23.1 Å². The third kappa shape index (κ3) is 5.41. The number of carbonyl (C=O) groups excluding carboxylic acids is 1. The lowest BCUT2D eigenvalue weighted by molar-refractivity contribution is -0.148. The Morgan fingerprint density at radius 1 is 1.29 bits per heavy atom. The smallest absolute Gasteiger partial charge is 0.220 e. The van der Waals surface area contributed by atoms with Crippen LogP contribution in [0.15, 0.2) is 42.5 Å². The highest BCUT2D eigenvalue weighted by molar-refractivity contribution is 6.30. The van der Waals surface area contributed by atoms with E-state index in [1.54, 1.807) is 24.3 Å². The molecule has 0 spiro atoms. The second-order valence-corrected chi connectivity index (χ2v) is 7.30. The summed E-state index contributed by atoms with van der Waals surface area (Å²) in [6.45, 7) is 1.52. The van der Waals surface area contributed by atoms with Gasteiger partial charge >= 0.3 is 0 Å². The van der Waals surface area contributed by atoms with Crippen LogP contribution in [0.2, 0.25) is 5.02 Å². The lowest BCUT2D eigenvalue weighted by Gasteiger charge is -2.42. The Hall–Kier alpha value is -2.22. The number of benzene rings is 2. The van der Waals surface area contributed by atoms with Gasteiger partial charge in [-0.1, -0.05) is 23.7 Å². The number of rotatable bonds is 7. The molecule has 2 aromatic carbocycles. The first kappa shape index (κ1) is 20.5. The van der Waals surface area contributed by atoms with Crippen molar-refractivity contribution >= 4 is 17.5 Å². The third-order valence-electron chi connectivity index (χ3n) is 4.53. The second-order valence-electron chi connectivity index (χ2n) is 6.87. The molecule has 0 aliphatic carbocycles. The SMILES string of the molecule is NC(=O)C[C@@]1(COc2cccc(Cl)c2)CN(Cc2ccc(F)cc2F)CCO1. The zero-order chi connectivity index (χ0) is 20.1. The zero-order valence-corrected chi connectivity index (χ0v) is 15.9. The average Bonchev–Trinajstić information content (AvgIpc) is 2.62. The number of halogens is 3. The second kappa shape index (κ2) is 8.86. The van der Waals surface area contributed by atoms with Crippen molar-refractivity contribution in [3.8, 4) is 5.75 Å². The van der Waals surface area contributed by atoms with Gasteiger partial charge in [-0.15, -0.1) is 0 Å². The molecule has 28 heavy (non-hydrogen) atoms. The molecule has 8 heteroatoms. The Morgan fingerprint density at radius 2 is 2.11 bits per heavy atom. The molecule has 1 aliphatic heterocycles. The van der Waals surface area contributed by atoms with Crippen molar-refractivity contribution < 1.29 is 23.0 Å². The summed E-state index contributed by atoms with van der Waals surface area (Å²) in [5.74, 6) is -1.21. The molecule has 3 rings (SSSR count). The van der Waals surface area contributed by atoms with Gasteiger partial charge in [0.1, 0.15) is 29.6 Å². The van der Waals surface area contributed by atoms with Crippen LogP contribution >= 0.6 is 11.6 Å². The van der Waals surface area contributed by atoms with Gasteiger partial charge < -0.3 is 15.2 Å². The lowest BCUT2D eigenvalue weighted by atomic mass is 9.97. The number of carbonyl (C=O) groups is 1. The van der Waals surface area contributed by atoms with E-state index in [4.69, 9.17) is 26.8 Å². The summed E-state index contributed by atoms with van der Waals surface area (Å²) in [5.41, 5.74) is 4.82. The number of ether oxygens (including phenoxy) is 2. The van der Waals surface area contributed by atoms with E-state index in [0.29, 0.717) is 36.0 Å². The molecule has 1 aliphatic rings. The molecule has 5 nitrogen and oxygen atoms in total. The van der Waals surface area contributed by atoms with Crippen LogP contribution in [0.5, 0.6) is 5.75 Å². The molecule has 1 fully saturated rings. The van der Waals surface area contributed by atoms with Gasteiger partial charge in [0.25, 0.3) is 0 Å². The van der Waals surface area contributed by atoms with Crippen molar-refractivity contribution in [1.29, 1.82) is 0 Å². The van der Waals surface area contributed by atoms with E-state index in [0.717, 1.165) is 6.07 Å². The fourth-order valence-electron chi connectivity index (χ4n) is 3.28. The molecule has 0 radical (unpaired) electrons. The van der Waals surface area contributed by atoms with Crippen LogP contribution < -0.4 is 10.5 Å². The minimum atomic E-state index is -0.969. The largest absolute Gasteiger partial charge is 0.490 e. The number of primary amides is 1. The van der Waals surface area contributed by atoms with Gasteiger partial charge in [-0.25, -0.2) is 8.78 Å². The molecule has 1 atom stereocenters. The maximum Gasteiger partial charge on any atom is 0.220 e. The van der Waals surface area contributed by atoms with Crippen LogP contribution in [0.3, 0.4) is 0 Å². The van der Waals surface area contributed by atoms with Gasteiger partial charge in [-0.2, -0.15) is 0 Å². The Bertz CT molecular complexity index is 852. The number of morpholine rings is 1. The molecule has 2 aromatic rings. The van der Waals surface area contributed by atoms with E-state index in [9.17, 15) is 13.6 Å². The van der Waals surface area contributed by atoms with Gasteiger partial charge in [-0.3, -0.25) is 9.69 Å². The van der Waals surface area contributed by atoms with Crippen LogP contribution in [-0.4, -0.2) is 42.7 Å². The maximum atomic E-state index is 14.0. The van der Waals surface area contributed by atoms with Gasteiger partial charge in [0.05, 0.1) is 13.0 Å². The summed E-state index contributed by atoms with van der Waals surface area (Å²) in [5, 5.41) is 0.527. The lowest BCUT2D eigenvalue weighted by Crippen LogP contribution is -2.56. The van der Waals surface area contributed by atoms with E-state index in [1.165, 1.54) is 12.1 Å². The standard InChI is InChI=1S/C20H21ClF2N2O3/c21-15-2-1-3-17(8-15)27-13-20(10-19(24)26)12-25(6-7-28-20)11-14-4-5-16(22)9-18(14)23/h1-5,8-9H,6-7,10-13H2,(H2,24,26)/t20-/m0/s1. The highest BCUT2D eigenvalue weighted by atomic mass is 35.5. The summed E-state index contributed by atoms with van der Waals surface area (Å²) >= 11 is 5.97. The first-order valence-corrected chi connectivity index (χ1v) is 9.20. The first-order chi connectivity index (χ1) is 13.3. The molecule has 1 amide bonds. The van der Waals surface area contributed by atoms with Crippen molar-refractivity contribution in [2.24, 2.45) is 5.73 Å². The van der Waals surface area contributed by atoms with Gasteiger partial charge in [-0.05, 0) is 24.3 Å². The van der Waals surface area contributed by atoms with Crippen LogP contribution in [0, 0.1) is 11.6 Å². The number of amides is 1. The topological polar surface area (TPSA) is 64.8 Å². The van der Waals surface area contributed by atoms with Crippen molar-refractivity contribution in [2.45, 2.75) is 18.6 Å². The van der Waals surface area contributed by atoms with E-state index in [2.05, 4.69) is 0 Å². The summed E-state index contributed by atoms with van der Waals surface area (Å²) in [7, 11) is 0. The quantitative estimate of drug-likeness (QED) is 0.761. The van der Waals surface area contributed by atoms with Crippen molar-refractivity contribution in [2.75, 3.05) is 26.3 Å². The number of hydrogen-bond acceptors (Lipinski definition) is 4. The maximum absolute atomic E-state index is 14.0. The van der Waals surface area contributed by atoms with Crippen LogP contribution in [0.1, 0.15) is 12.0 Å². The molecule has 0 aromatic heterocycles. The molecular formula is C20H21ClF2N2O3. The molecule has 0 bridgehead atoms. The molecule has 2 N–H and O–H groups in total. The van der Waals surface area contributed by atoms with Gasteiger partial charge in [0, 0.05) is 36.3 Å². The Labute approximate surface area is 167 Å². The summed E-state index contributed by atoms with van der Waals surface area (Å²) in [6, 6.07) is 10.4. The fraction of sp³-hybridized carbons (Fsp3) is 0.350. The van der Waals surface area contributed by atoms with Gasteiger partial charge in [0.15, 0.2) is 0 Å². The van der Waals surface area contributed by atoms with Crippen LogP contribution in [0.25, 0.3) is 0 Å². The third-order valence-corrected chi connectivity index (χ3v) is 4.77. The Morgan fingerprint density at radius 3 is 2.82 bits per heavy atom. The summed E-state index contributed by atoms with van der Waals surface area (Å²) in [4.78, 5) is 13.6. The number of nitrogens with two attached hydrogens (primary N) is 1. The van der Waals surface area contributed by atoms with Crippen molar-refractivity contribution in [1.82, 2.24) is 4.90 Å². The fourth-order valence-corrected chi connectivity index (χ4v) is 3.46. The number of hydrogen-bond donors (Lipinski definition) is 1. The predicted molar refractivity (Wildman–Crippen MR) is 101 cm³/mol.